The Balaban J connectivity index is 0.000000443. The van der Waals surface area contributed by atoms with Crippen LogP contribution in [-0.2, 0) is 20.1 Å². The molecular weight excluding hydrogens is 512 g/mol. The summed E-state index contributed by atoms with van der Waals surface area (Å²) in [4.78, 5) is 41.3. The smallest absolute Gasteiger partial charge is 0.0721 e. The van der Waals surface area contributed by atoms with E-state index < -0.39 is 23.9 Å². The van der Waals surface area contributed by atoms with Gasteiger partial charge in [-0.05, 0) is 0 Å². The molecule has 0 aliphatic carbocycles. The van der Waals surface area contributed by atoms with Gasteiger partial charge in [-0.25, -0.2) is 0 Å². The van der Waals surface area contributed by atoms with E-state index in [0.717, 1.165) is 24.3 Å². The van der Waals surface area contributed by atoms with E-state index in [9.17, 15) is 39.6 Å². The van der Waals surface area contributed by atoms with Crippen molar-refractivity contribution in [3.63, 3.8) is 0 Å². The molecule has 0 fully saturated rings. The van der Waals surface area contributed by atoms with Crippen LogP contribution in [0.1, 0.15) is 41.4 Å². The maximum atomic E-state index is 10.3. The van der Waals surface area contributed by atoms with E-state index in [0.29, 0.717) is 0 Å². The zero-order chi connectivity index (χ0) is 18.3. The van der Waals surface area contributed by atoms with Crippen molar-refractivity contribution in [1.82, 2.24) is 0 Å². The van der Waals surface area contributed by atoms with Gasteiger partial charge >= 0.3 is 0 Å². The third-order valence-electron chi connectivity index (χ3n) is 2.73. The van der Waals surface area contributed by atoms with Crippen LogP contribution in [0.4, 0.5) is 0 Å². The second-order valence-electron chi connectivity index (χ2n) is 4.24. The summed E-state index contributed by atoms with van der Waals surface area (Å²) in [5.41, 5.74) is -1.45. The third kappa shape index (κ3) is 6.17. The van der Waals surface area contributed by atoms with Gasteiger partial charge in [0.2, 0.25) is 0 Å². The van der Waals surface area contributed by atoms with Crippen LogP contribution in [0.2, 0.25) is 0 Å². The second-order valence-corrected chi connectivity index (χ2v) is 4.24. The average Bonchev–Trinajstić information content (AvgIpc) is 2.55. The van der Waals surface area contributed by atoms with Crippen molar-refractivity contribution in [2.24, 2.45) is 0 Å². The Morgan fingerprint density at radius 1 is 0.480 bits per heavy atom. The van der Waals surface area contributed by atoms with Crippen LogP contribution in [0, 0.1) is 0 Å². The molecule has 0 aliphatic heterocycles. The van der Waals surface area contributed by atoms with E-state index in [2.05, 4.69) is 0 Å². The molecule has 9 heteroatoms. The molecule has 0 N–H and O–H groups in total. The van der Waals surface area contributed by atoms with Gasteiger partial charge in [0.25, 0.3) is 0 Å². The topological polar surface area (TPSA) is 161 Å². The molecule has 0 aliphatic rings. The van der Waals surface area contributed by atoms with Gasteiger partial charge < -0.3 is 39.6 Å². The Kier molecular flexibility index (Phi) is 8.76. The van der Waals surface area contributed by atoms with Crippen LogP contribution in [0.3, 0.4) is 0 Å². The summed E-state index contributed by atoms with van der Waals surface area (Å²) >= 11 is 0. The first-order valence-electron chi connectivity index (χ1n) is 6.29. The predicted molar refractivity (Wildman–Crippen MR) is 70.2 cm³/mol. The largest absolute Gasteiger partial charge is 0.545 e. The minimum absolute atomic E-state index is 0. The van der Waals surface area contributed by atoms with E-state index in [1.54, 1.807) is 0 Å². The Hall–Kier alpha value is -3.03. The molecular formula is C16H8IrO8-4. The van der Waals surface area contributed by atoms with Crippen LogP contribution in [0.5, 0.6) is 0 Å². The van der Waals surface area contributed by atoms with Crippen molar-refractivity contribution >= 4 is 23.9 Å². The summed E-state index contributed by atoms with van der Waals surface area (Å²) in [5, 5.41) is 41.3. The molecule has 0 heterocycles. The molecule has 0 atom stereocenters. The van der Waals surface area contributed by atoms with Crippen molar-refractivity contribution in [3.05, 3.63) is 70.8 Å². The number of aromatic carboxylic acids is 4. The molecule has 0 aromatic heterocycles. The summed E-state index contributed by atoms with van der Waals surface area (Å²) in [6.45, 7) is 0. The summed E-state index contributed by atoms with van der Waals surface area (Å²) in [6, 6.07) is 10.3. The molecule has 2 rings (SSSR count). The van der Waals surface area contributed by atoms with Crippen LogP contribution in [0.25, 0.3) is 0 Å². The van der Waals surface area contributed by atoms with Crippen molar-refractivity contribution in [2.75, 3.05) is 0 Å². The molecule has 0 spiro atoms. The van der Waals surface area contributed by atoms with Gasteiger partial charge in [-0.3, -0.25) is 0 Å². The maximum Gasteiger partial charge on any atom is 0.0721 e. The van der Waals surface area contributed by atoms with E-state index in [-0.39, 0.29) is 42.4 Å². The van der Waals surface area contributed by atoms with Gasteiger partial charge in [-0.2, -0.15) is 0 Å². The summed E-state index contributed by atoms with van der Waals surface area (Å²) < 4.78 is 0. The van der Waals surface area contributed by atoms with Crippen molar-refractivity contribution < 1.29 is 59.7 Å². The number of hydrogen-bond acceptors (Lipinski definition) is 8. The van der Waals surface area contributed by atoms with E-state index >= 15 is 0 Å². The number of benzene rings is 2. The Morgan fingerprint density at radius 2 is 0.640 bits per heavy atom. The first-order chi connectivity index (χ1) is 11.3. The standard InChI is InChI=1S/2C8H6O4.Ir/c2*9-7(10)5-3-1-2-4-6(5)8(11)12;/h2*1-4H,(H,9,10)(H,11,12);/p-4. The van der Waals surface area contributed by atoms with Crippen molar-refractivity contribution in [3.8, 4) is 0 Å². The van der Waals surface area contributed by atoms with Crippen molar-refractivity contribution in [1.29, 1.82) is 0 Å². The zero-order valence-corrected chi connectivity index (χ0v) is 14.6. The van der Waals surface area contributed by atoms with Gasteiger partial charge in [-0.15, -0.1) is 0 Å². The molecule has 2 aromatic rings. The molecule has 25 heavy (non-hydrogen) atoms. The minimum Gasteiger partial charge on any atom is -0.545 e. The van der Waals surface area contributed by atoms with Crippen molar-refractivity contribution in [2.45, 2.75) is 0 Å². The molecule has 8 nitrogen and oxygen atoms in total. The normalized spacial score (nSPS) is 8.96. The van der Waals surface area contributed by atoms with Gasteiger partial charge in [-0.1, -0.05) is 48.5 Å². The first-order valence-corrected chi connectivity index (χ1v) is 6.29. The van der Waals surface area contributed by atoms with E-state index in [4.69, 9.17) is 0 Å². The minimum atomic E-state index is -1.52. The fourth-order valence-electron chi connectivity index (χ4n) is 1.68. The Morgan fingerprint density at radius 3 is 0.760 bits per heavy atom. The zero-order valence-electron chi connectivity index (χ0n) is 12.2. The number of rotatable bonds is 4. The fourth-order valence-corrected chi connectivity index (χ4v) is 1.68. The second kappa shape index (κ2) is 9.96. The molecule has 133 valence electrons. The molecule has 0 saturated carbocycles. The first kappa shape index (κ1) is 22.0. The number of carbonyl (C=O) groups excluding carboxylic acids is 4. The summed E-state index contributed by atoms with van der Waals surface area (Å²) in [7, 11) is 0. The summed E-state index contributed by atoms with van der Waals surface area (Å²) in [6.07, 6.45) is 0. The Labute approximate surface area is 154 Å². The number of carboxylic acid groups (broad SMARTS) is 4. The SMILES string of the molecule is O=C([O-])c1ccccc1C(=O)[O-].O=C([O-])c1ccccc1C(=O)[O-].[Ir]. The van der Waals surface area contributed by atoms with Gasteiger partial charge in [0.1, 0.15) is 0 Å². The van der Waals surface area contributed by atoms with Gasteiger partial charge in [0.05, 0.1) is 23.9 Å². The monoisotopic (exact) mass is 521 g/mol. The molecule has 0 bridgehead atoms. The maximum absolute atomic E-state index is 10.3. The number of carboxylic acids is 4. The quantitative estimate of drug-likeness (QED) is 0.408. The average molecular weight is 520 g/mol. The van der Waals surface area contributed by atoms with Crippen LogP contribution >= 0.6 is 0 Å². The molecule has 0 saturated heterocycles. The number of hydrogen-bond donors (Lipinski definition) is 0. The Bertz CT molecular complexity index is 667. The molecule has 0 unspecified atom stereocenters. The van der Waals surface area contributed by atoms with E-state index in [1.165, 1.54) is 24.3 Å². The van der Waals surface area contributed by atoms with Gasteiger partial charge in [0, 0.05) is 42.4 Å². The molecule has 1 radical (unpaired) electrons. The third-order valence-corrected chi connectivity index (χ3v) is 2.73. The fraction of sp³-hybridized carbons (Fsp3) is 0. The summed E-state index contributed by atoms with van der Waals surface area (Å²) in [5.74, 6) is -6.07. The van der Waals surface area contributed by atoms with Crippen LogP contribution < -0.4 is 20.4 Å². The van der Waals surface area contributed by atoms with Gasteiger partial charge in [0.15, 0.2) is 0 Å². The van der Waals surface area contributed by atoms with Crippen LogP contribution in [-0.4, -0.2) is 23.9 Å². The molecule has 0 amide bonds. The molecule has 2 aromatic carbocycles. The van der Waals surface area contributed by atoms with Crippen LogP contribution in [0.15, 0.2) is 48.5 Å². The number of carbonyl (C=O) groups is 4. The van der Waals surface area contributed by atoms with E-state index in [1.807, 2.05) is 0 Å². The predicted octanol–water partition coefficient (Wildman–Crippen LogP) is -3.18.